The monoisotopic (exact) mass is 253 g/mol. The van der Waals surface area contributed by atoms with Crippen molar-refractivity contribution in [3.8, 4) is 11.5 Å². The van der Waals surface area contributed by atoms with Crippen molar-refractivity contribution in [2.45, 2.75) is 13.3 Å². The molecule has 0 spiro atoms. The standard InChI is InChI=1S/C15H11NO3/c1-9(17)6-10-7-12-15(8-13(10)18)19-14-5-3-2-4-11(14)16-12/h2-5,7-8H,6H2,1H3. The fourth-order valence-corrected chi connectivity index (χ4v) is 2.05. The third kappa shape index (κ3) is 2.12. The number of aromatic nitrogens is 1. The number of carbonyl (C=O) groups is 1. The van der Waals surface area contributed by atoms with Crippen LogP contribution < -0.4 is 5.43 Å². The molecule has 2 aliphatic rings. The SMILES string of the molecule is CC(=O)Cc1cc2nc3ccccc3oc-2cc1=O. The van der Waals surface area contributed by atoms with E-state index in [1.807, 2.05) is 18.2 Å². The molecule has 0 unspecified atom stereocenters. The number of fused-ring (bicyclic) bond motifs is 2. The second-order valence-corrected chi connectivity index (χ2v) is 4.49. The molecule has 94 valence electrons. The van der Waals surface area contributed by atoms with Crippen LogP contribution in [0.5, 0.6) is 0 Å². The van der Waals surface area contributed by atoms with Crippen LogP contribution in [0.2, 0.25) is 0 Å². The van der Waals surface area contributed by atoms with Crippen molar-refractivity contribution in [3.63, 3.8) is 0 Å². The Kier molecular flexibility index (Phi) is 2.63. The van der Waals surface area contributed by atoms with E-state index in [-0.39, 0.29) is 17.6 Å². The van der Waals surface area contributed by atoms with Gasteiger partial charge in [0.25, 0.3) is 0 Å². The van der Waals surface area contributed by atoms with E-state index < -0.39 is 0 Å². The van der Waals surface area contributed by atoms with Gasteiger partial charge in [-0.15, -0.1) is 0 Å². The molecule has 19 heavy (non-hydrogen) atoms. The van der Waals surface area contributed by atoms with Gasteiger partial charge in [0.15, 0.2) is 16.8 Å². The summed E-state index contributed by atoms with van der Waals surface area (Å²) in [5.74, 6) is 0.394. The zero-order chi connectivity index (χ0) is 13.4. The van der Waals surface area contributed by atoms with Crippen LogP contribution in [0, 0.1) is 0 Å². The largest absolute Gasteiger partial charge is 0.453 e. The van der Waals surface area contributed by atoms with Gasteiger partial charge in [0.2, 0.25) is 0 Å². The van der Waals surface area contributed by atoms with Crippen LogP contribution in [-0.4, -0.2) is 10.8 Å². The quantitative estimate of drug-likeness (QED) is 0.658. The fourth-order valence-electron chi connectivity index (χ4n) is 2.05. The molecule has 0 amide bonds. The minimum atomic E-state index is -0.191. The predicted octanol–water partition coefficient (Wildman–Crippen LogP) is 2.42. The third-order valence-corrected chi connectivity index (χ3v) is 2.91. The molecule has 0 bridgehead atoms. The summed E-state index contributed by atoms with van der Waals surface area (Å²) in [4.78, 5) is 27.4. The first-order valence-electron chi connectivity index (χ1n) is 5.95. The Morgan fingerprint density at radius 2 is 2.05 bits per heavy atom. The van der Waals surface area contributed by atoms with Gasteiger partial charge in [-0.05, 0) is 25.1 Å². The molecule has 0 aromatic heterocycles. The molecule has 0 N–H and O–H groups in total. The van der Waals surface area contributed by atoms with Gasteiger partial charge in [-0.25, -0.2) is 4.98 Å². The van der Waals surface area contributed by atoms with Crippen molar-refractivity contribution in [1.29, 1.82) is 0 Å². The molecule has 0 saturated heterocycles. The lowest BCUT2D eigenvalue weighted by atomic mass is 10.1. The van der Waals surface area contributed by atoms with Crippen LogP contribution >= 0.6 is 0 Å². The van der Waals surface area contributed by atoms with Crippen LogP contribution in [0.15, 0.2) is 45.6 Å². The molecule has 3 rings (SSSR count). The highest BCUT2D eigenvalue weighted by Crippen LogP contribution is 2.24. The van der Waals surface area contributed by atoms with Crippen molar-refractivity contribution < 1.29 is 9.21 Å². The summed E-state index contributed by atoms with van der Waals surface area (Å²) in [7, 11) is 0. The minimum absolute atomic E-state index is 0.0471. The van der Waals surface area contributed by atoms with Gasteiger partial charge in [0.05, 0.1) is 0 Å². The smallest absolute Gasteiger partial charge is 0.186 e. The van der Waals surface area contributed by atoms with E-state index in [0.717, 1.165) is 5.52 Å². The van der Waals surface area contributed by atoms with E-state index in [9.17, 15) is 9.59 Å². The molecule has 1 heterocycles. The number of para-hydroxylation sites is 2. The minimum Gasteiger partial charge on any atom is -0.453 e. The van der Waals surface area contributed by atoms with Crippen LogP contribution in [0.3, 0.4) is 0 Å². The van der Waals surface area contributed by atoms with Crippen molar-refractivity contribution in [3.05, 3.63) is 52.2 Å². The van der Waals surface area contributed by atoms with Gasteiger partial charge < -0.3 is 4.42 Å². The van der Waals surface area contributed by atoms with E-state index in [2.05, 4.69) is 4.98 Å². The molecule has 1 aliphatic heterocycles. The Morgan fingerprint density at radius 3 is 2.84 bits per heavy atom. The van der Waals surface area contributed by atoms with E-state index in [1.54, 1.807) is 12.1 Å². The molecule has 0 fully saturated rings. The second-order valence-electron chi connectivity index (χ2n) is 4.49. The number of Topliss-reactive ketones (excluding diaryl/α,β-unsaturated/α-hetero) is 1. The molecule has 1 aliphatic carbocycles. The van der Waals surface area contributed by atoms with Crippen molar-refractivity contribution in [1.82, 2.24) is 4.98 Å². The average molecular weight is 253 g/mol. The molecular weight excluding hydrogens is 242 g/mol. The molecular formula is C15H11NO3. The summed E-state index contributed by atoms with van der Waals surface area (Å²) in [5.41, 5.74) is 2.22. The maximum atomic E-state index is 11.9. The number of ketones is 1. The number of rotatable bonds is 2. The number of hydrogen-bond donors (Lipinski definition) is 0. The van der Waals surface area contributed by atoms with Gasteiger partial charge in [0.1, 0.15) is 17.0 Å². The summed E-state index contributed by atoms with van der Waals surface area (Å²) in [5, 5.41) is 0. The molecule has 4 heteroatoms. The summed E-state index contributed by atoms with van der Waals surface area (Å²) in [6.45, 7) is 1.46. The lowest BCUT2D eigenvalue weighted by Crippen LogP contribution is -2.12. The Hall–Kier alpha value is -2.49. The number of nitrogens with zero attached hydrogens (tertiary/aromatic N) is 1. The first-order valence-corrected chi connectivity index (χ1v) is 5.95. The fraction of sp³-hybridized carbons (Fsp3) is 0.133. The Labute approximate surface area is 109 Å². The first kappa shape index (κ1) is 11.6. The van der Waals surface area contributed by atoms with Gasteiger partial charge in [-0.1, -0.05) is 12.1 Å². The molecule has 0 saturated carbocycles. The third-order valence-electron chi connectivity index (χ3n) is 2.91. The van der Waals surface area contributed by atoms with E-state index >= 15 is 0 Å². The number of benzene rings is 2. The highest BCUT2D eigenvalue weighted by molar-refractivity contribution is 5.80. The maximum absolute atomic E-state index is 11.9. The Bertz CT molecular complexity index is 804. The highest BCUT2D eigenvalue weighted by Gasteiger charge is 2.13. The van der Waals surface area contributed by atoms with E-state index in [1.165, 1.54) is 13.0 Å². The maximum Gasteiger partial charge on any atom is 0.186 e. The van der Waals surface area contributed by atoms with Gasteiger partial charge >= 0.3 is 0 Å². The highest BCUT2D eigenvalue weighted by atomic mass is 16.3. The summed E-state index contributed by atoms with van der Waals surface area (Å²) < 4.78 is 5.64. The van der Waals surface area contributed by atoms with Crippen LogP contribution in [0.25, 0.3) is 22.6 Å². The number of carbonyl (C=O) groups excluding carboxylic acids is 1. The van der Waals surface area contributed by atoms with Gasteiger partial charge in [-0.2, -0.15) is 0 Å². The molecule has 0 radical (unpaired) electrons. The van der Waals surface area contributed by atoms with Gasteiger partial charge in [-0.3, -0.25) is 9.59 Å². The van der Waals surface area contributed by atoms with Crippen LogP contribution in [-0.2, 0) is 11.2 Å². The van der Waals surface area contributed by atoms with Crippen molar-refractivity contribution in [2.75, 3.05) is 0 Å². The predicted molar refractivity (Wildman–Crippen MR) is 71.3 cm³/mol. The molecule has 4 nitrogen and oxygen atoms in total. The lowest BCUT2D eigenvalue weighted by molar-refractivity contribution is -0.116. The van der Waals surface area contributed by atoms with Crippen molar-refractivity contribution in [2.24, 2.45) is 0 Å². The zero-order valence-electron chi connectivity index (χ0n) is 10.3. The summed E-state index contributed by atoms with van der Waals surface area (Å²) in [6.07, 6.45) is 0.128. The summed E-state index contributed by atoms with van der Waals surface area (Å²) >= 11 is 0. The second kappa shape index (κ2) is 4.31. The molecule has 0 atom stereocenters. The van der Waals surface area contributed by atoms with Crippen molar-refractivity contribution >= 4 is 16.9 Å². The van der Waals surface area contributed by atoms with E-state index in [0.29, 0.717) is 22.6 Å². The molecule has 1 aromatic rings. The zero-order valence-corrected chi connectivity index (χ0v) is 10.3. The van der Waals surface area contributed by atoms with E-state index in [4.69, 9.17) is 4.42 Å². The topological polar surface area (TPSA) is 60.2 Å². The molecule has 1 aromatic carbocycles. The lowest BCUT2D eigenvalue weighted by Gasteiger charge is -2.07. The average Bonchev–Trinajstić information content (AvgIpc) is 2.37. The van der Waals surface area contributed by atoms with Crippen LogP contribution in [0.1, 0.15) is 12.5 Å². The normalized spacial score (nSPS) is 11.0. The summed E-state index contributed by atoms with van der Waals surface area (Å²) in [6, 6.07) is 10.4. The Morgan fingerprint density at radius 1 is 1.26 bits per heavy atom. The number of hydrogen-bond acceptors (Lipinski definition) is 4. The Balaban J connectivity index is 2.28. The first-order chi connectivity index (χ1) is 9.13. The van der Waals surface area contributed by atoms with Gasteiger partial charge in [0, 0.05) is 18.1 Å². The van der Waals surface area contributed by atoms with Crippen LogP contribution in [0.4, 0.5) is 0 Å².